The maximum absolute atomic E-state index is 12.1. The molecular formula is C18H22ClN5O2. The van der Waals surface area contributed by atoms with Crippen molar-refractivity contribution < 1.29 is 9.53 Å². The van der Waals surface area contributed by atoms with E-state index >= 15 is 0 Å². The molecule has 3 aliphatic heterocycles. The number of hydrogen-bond donors (Lipinski definition) is 2. The fourth-order valence-corrected chi connectivity index (χ4v) is 4.06. The molecule has 1 aromatic heterocycles. The topological polar surface area (TPSA) is 70.9 Å². The van der Waals surface area contributed by atoms with Crippen LogP contribution in [-0.2, 0) is 4.79 Å². The molecule has 0 bridgehead atoms. The van der Waals surface area contributed by atoms with E-state index in [0.717, 1.165) is 30.4 Å². The van der Waals surface area contributed by atoms with Crippen molar-refractivity contribution in [3.63, 3.8) is 0 Å². The number of carbonyl (C=O) groups is 1. The van der Waals surface area contributed by atoms with Gasteiger partial charge < -0.3 is 19.5 Å². The van der Waals surface area contributed by atoms with Crippen molar-refractivity contribution in [2.45, 2.75) is 31.8 Å². The number of fused-ring (bicyclic) bond motifs is 4. The summed E-state index contributed by atoms with van der Waals surface area (Å²) in [6.45, 7) is 4.36. The number of nitrogens with zero attached hydrogens (tertiary/aromatic N) is 3. The van der Waals surface area contributed by atoms with Crippen molar-refractivity contribution >= 4 is 40.7 Å². The number of amidine groups is 1. The van der Waals surface area contributed by atoms with Crippen LogP contribution in [0.4, 0.5) is 5.69 Å². The third kappa shape index (κ3) is 2.54. The van der Waals surface area contributed by atoms with Gasteiger partial charge >= 0.3 is 0 Å². The van der Waals surface area contributed by atoms with Gasteiger partial charge in [-0.25, -0.2) is 5.43 Å². The van der Waals surface area contributed by atoms with Crippen molar-refractivity contribution in [3.05, 3.63) is 24.4 Å². The summed E-state index contributed by atoms with van der Waals surface area (Å²) in [4.78, 5) is 14.1. The van der Waals surface area contributed by atoms with Crippen molar-refractivity contribution in [2.75, 3.05) is 24.6 Å². The summed E-state index contributed by atoms with van der Waals surface area (Å²) >= 11 is 0. The van der Waals surface area contributed by atoms with Gasteiger partial charge in [0.05, 0.1) is 11.2 Å². The van der Waals surface area contributed by atoms with E-state index in [1.165, 1.54) is 23.7 Å². The van der Waals surface area contributed by atoms with Crippen LogP contribution in [0.5, 0.6) is 5.75 Å². The number of ether oxygens (including phenoxy) is 1. The highest BCUT2D eigenvalue weighted by Gasteiger charge is 2.35. The predicted molar refractivity (Wildman–Crippen MR) is 103 cm³/mol. The first-order chi connectivity index (χ1) is 12.2. The summed E-state index contributed by atoms with van der Waals surface area (Å²) in [7, 11) is 0. The van der Waals surface area contributed by atoms with Gasteiger partial charge in [-0.3, -0.25) is 4.79 Å². The smallest absolute Gasteiger partial charge is 0.262 e. The first-order valence-corrected chi connectivity index (χ1v) is 8.86. The number of hydrogen-bond acceptors (Lipinski definition) is 5. The second kappa shape index (κ2) is 6.48. The molecule has 1 saturated heterocycles. The molecule has 138 valence electrons. The molecule has 5 rings (SSSR count). The summed E-state index contributed by atoms with van der Waals surface area (Å²) in [5.41, 5.74) is 4.67. The van der Waals surface area contributed by atoms with Gasteiger partial charge in [-0.15, -0.1) is 12.4 Å². The van der Waals surface area contributed by atoms with E-state index in [0.29, 0.717) is 12.6 Å². The van der Waals surface area contributed by atoms with Gasteiger partial charge in [0, 0.05) is 24.2 Å². The second-order valence-electron chi connectivity index (χ2n) is 6.94. The molecule has 4 heterocycles. The van der Waals surface area contributed by atoms with Gasteiger partial charge in [-0.2, -0.15) is 5.10 Å². The second-order valence-corrected chi connectivity index (χ2v) is 6.94. The van der Waals surface area contributed by atoms with Crippen LogP contribution in [-0.4, -0.2) is 42.0 Å². The monoisotopic (exact) mass is 375 g/mol. The van der Waals surface area contributed by atoms with Gasteiger partial charge in [-0.05, 0) is 44.5 Å². The molecule has 1 fully saturated rings. The highest BCUT2D eigenvalue weighted by Crippen LogP contribution is 2.39. The number of amides is 1. The minimum absolute atomic E-state index is 0. The zero-order valence-electron chi connectivity index (χ0n) is 14.6. The number of nitrogens with one attached hydrogen (secondary N) is 2. The Kier molecular flexibility index (Phi) is 4.28. The maximum Gasteiger partial charge on any atom is 0.262 e. The van der Waals surface area contributed by atoms with E-state index in [1.54, 1.807) is 0 Å². The van der Waals surface area contributed by atoms with Crippen LogP contribution in [0.2, 0.25) is 0 Å². The van der Waals surface area contributed by atoms with Crippen LogP contribution in [0.25, 0.3) is 10.9 Å². The average molecular weight is 376 g/mol. The summed E-state index contributed by atoms with van der Waals surface area (Å²) in [6.07, 6.45) is 4.53. The van der Waals surface area contributed by atoms with E-state index in [9.17, 15) is 4.79 Å². The Bertz CT molecular complexity index is 887. The van der Waals surface area contributed by atoms with Crippen LogP contribution in [0.3, 0.4) is 0 Å². The van der Waals surface area contributed by atoms with Gasteiger partial charge in [0.15, 0.2) is 5.84 Å². The van der Waals surface area contributed by atoms with Gasteiger partial charge in [-0.1, -0.05) is 0 Å². The molecular weight excluding hydrogens is 354 g/mol. The van der Waals surface area contributed by atoms with Crippen molar-refractivity contribution in [1.29, 1.82) is 0 Å². The molecule has 2 N–H and O–H groups in total. The van der Waals surface area contributed by atoms with Gasteiger partial charge in [0.25, 0.3) is 5.91 Å². The summed E-state index contributed by atoms with van der Waals surface area (Å²) < 4.78 is 8.24. The van der Waals surface area contributed by atoms with E-state index < -0.39 is 0 Å². The third-order valence-electron chi connectivity index (χ3n) is 5.42. The lowest BCUT2D eigenvalue weighted by Crippen LogP contribution is -2.55. The number of anilines is 1. The van der Waals surface area contributed by atoms with Crippen LogP contribution in [0.15, 0.2) is 29.5 Å². The van der Waals surface area contributed by atoms with E-state index in [2.05, 4.69) is 44.8 Å². The third-order valence-corrected chi connectivity index (χ3v) is 5.42. The molecule has 0 spiro atoms. The quantitative estimate of drug-likeness (QED) is 0.800. The summed E-state index contributed by atoms with van der Waals surface area (Å²) in [5, 5.41) is 8.81. The molecule has 1 amide bonds. The fourth-order valence-electron chi connectivity index (χ4n) is 4.06. The Labute approximate surface area is 157 Å². The van der Waals surface area contributed by atoms with Crippen LogP contribution in [0, 0.1) is 0 Å². The maximum atomic E-state index is 12.1. The van der Waals surface area contributed by atoms with E-state index in [-0.39, 0.29) is 24.4 Å². The number of piperidine rings is 1. The van der Waals surface area contributed by atoms with Crippen molar-refractivity contribution in [3.8, 4) is 5.75 Å². The predicted octanol–water partition coefficient (Wildman–Crippen LogP) is 2.02. The lowest BCUT2D eigenvalue weighted by atomic mass is 10.1. The minimum Gasteiger partial charge on any atom is -0.483 e. The van der Waals surface area contributed by atoms with Crippen molar-refractivity contribution in [1.82, 2.24) is 15.3 Å². The summed E-state index contributed by atoms with van der Waals surface area (Å²) in [5.74, 6) is 1.47. The molecule has 3 aliphatic rings. The number of aromatic nitrogens is 1. The number of rotatable bonds is 1. The molecule has 2 unspecified atom stereocenters. The fraction of sp³-hybridized carbons (Fsp3) is 0.444. The highest BCUT2D eigenvalue weighted by molar-refractivity contribution is 6.10. The molecule has 0 radical (unpaired) electrons. The summed E-state index contributed by atoms with van der Waals surface area (Å²) in [6, 6.07) is 6.52. The van der Waals surface area contributed by atoms with E-state index in [1.807, 2.05) is 11.8 Å². The van der Waals surface area contributed by atoms with Crippen LogP contribution >= 0.6 is 12.4 Å². The minimum atomic E-state index is -0.299. The first-order valence-electron chi connectivity index (χ1n) is 8.86. The molecule has 2 aromatic rings. The lowest BCUT2D eigenvalue weighted by molar-refractivity contribution is -0.122. The SMILES string of the molecule is CC1C(=O)NN=C2COc3cc4ccn(C5CCCNC5)c4cc3N21.Cl. The number of halogens is 1. The largest absolute Gasteiger partial charge is 0.483 e. The standard InChI is InChI=1S/C18H21N5O2.ClH/c1-11-18(24)21-20-17-10-25-16-7-12-4-6-22(13-3-2-5-19-9-13)14(12)8-15(16)23(11)17;/h4,6-8,11,13,19H,2-3,5,9-10H2,1H3,(H,21,24);1H. The molecule has 0 aliphatic carbocycles. The van der Waals surface area contributed by atoms with Gasteiger partial charge in [0.1, 0.15) is 18.4 Å². The molecule has 2 atom stereocenters. The number of hydrazone groups is 1. The number of benzene rings is 1. The lowest BCUT2D eigenvalue weighted by Gasteiger charge is -2.38. The molecule has 7 nitrogen and oxygen atoms in total. The number of carbonyl (C=O) groups excluding carboxylic acids is 1. The Morgan fingerprint density at radius 3 is 3.04 bits per heavy atom. The molecule has 26 heavy (non-hydrogen) atoms. The molecule has 0 saturated carbocycles. The molecule has 1 aromatic carbocycles. The van der Waals surface area contributed by atoms with Crippen molar-refractivity contribution in [2.24, 2.45) is 5.10 Å². The Morgan fingerprint density at radius 2 is 2.23 bits per heavy atom. The van der Waals surface area contributed by atoms with Gasteiger partial charge in [0.2, 0.25) is 0 Å². The van der Waals surface area contributed by atoms with Crippen LogP contribution in [0.1, 0.15) is 25.8 Å². The van der Waals surface area contributed by atoms with Crippen LogP contribution < -0.4 is 20.4 Å². The normalized spacial score (nSPS) is 24.7. The highest BCUT2D eigenvalue weighted by atomic mass is 35.5. The molecule has 8 heteroatoms. The Morgan fingerprint density at radius 1 is 1.35 bits per heavy atom. The first kappa shape index (κ1) is 17.2. The average Bonchev–Trinajstić information content (AvgIpc) is 3.06. The Balaban J connectivity index is 0.00000168. The van der Waals surface area contributed by atoms with E-state index in [4.69, 9.17) is 4.74 Å². The Hall–Kier alpha value is -2.25. The zero-order valence-corrected chi connectivity index (χ0v) is 15.4. The zero-order chi connectivity index (χ0) is 17.0.